The van der Waals surface area contributed by atoms with Gasteiger partial charge in [-0.15, -0.1) is 0 Å². The van der Waals surface area contributed by atoms with Crippen LogP contribution in [0.5, 0.6) is 0 Å². The summed E-state index contributed by atoms with van der Waals surface area (Å²) in [5.41, 5.74) is 18.5. The summed E-state index contributed by atoms with van der Waals surface area (Å²) in [5.74, 6) is -0.394. The molecule has 6 rings (SSSR count). The van der Waals surface area contributed by atoms with E-state index >= 15 is 0 Å². The van der Waals surface area contributed by atoms with Gasteiger partial charge in [0.05, 0.1) is 0 Å². The van der Waals surface area contributed by atoms with E-state index in [-0.39, 0.29) is 11.6 Å². The third-order valence-corrected chi connectivity index (χ3v) is 10.8. The average molecular weight is 691 g/mol. The first-order valence-electron chi connectivity index (χ1n) is 19.1. The lowest BCUT2D eigenvalue weighted by Crippen LogP contribution is -1.93. The zero-order chi connectivity index (χ0) is 36.6. The van der Waals surface area contributed by atoms with Gasteiger partial charge in [0, 0.05) is 0 Å². The van der Waals surface area contributed by atoms with Crippen LogP contribution in [0.3, 0.4) is 0 Å². The molecule has 0 atom stereocenters. The fraction of sp³-hybridized carbons (Fsp3) is 0.280. The van der Waals surface area contributed by atoms with Crippen LogP contribution in [-0.2, 0) is 12.8 Å². The van der Waals surface area contributed by atoms with Crippen molar-refractivity contribution in [2.24, 2.45) is 0 Å². The molecule has 6 aromatic carbocycles. The monoisotopic (exact) mass is 690 g/mol. The smallest absolute Gasteiger partial charge is 0.123 e. The number of hydrogen-bond donors (Lipinski definition) is 0. The molecule has 0 N–H and O–H groups in total. The van der Waals surface area contributed by atoms with Gasteiger partial charge in [0.2, 0.25) is 0 Å². The predicted octanol–water partition coefficient (Wildman–Crippen LogP) is 14.7. The first-order chi connectivity index (χ1) is 25.2. The van der Waals surface area contributed by atoms with Gasteiger partial charge in [-0.25, -0.2) is 8.78 Å². The lowest BCUT2D eigenvalue weighted by molar-refractivity contribution is 0.578. The molecular weight excluding hydrogens is 639 g/mol. The summed E-state index contributed by atoms with van der Waals surface area (Å²) < 4.78 is 27.0. The number of hydrogen-bond acceptors (Lipinski definition) is 0. The maximum Gasteiger partial charge on any atom is 0.123 e. The number of rotatable bonds is 14. The predicted molar refractivity (Wildman–Crippen MR) is 218 cm³/mol. The summed E-state index contributed by atoms with van der Waals surface area (Å²) in [5, 5.41) is 0. The molecule has 52 heavy (non-hydrogen) atoms. The third kappa shape index (κ3) is 9.15. The number of halogens is 2. The van der Waals surface area contributed by atoms with E-state index in [2.05, 4.69) is 100 Å². The molecular formula is C50H52F2. The summed E-state index contributed by atoms with van der Waals surface area (Å²) in [6.45, 7) is 10.8. The Morgan fingerprint density at radius 1 is 0.308 bits per heavy atom. The van der Waals surface area contributed by atoms with Crippen molar-refractivity contribution in [3.8, 4) is 44.5 Å². The molecule has 0 saturated carbocycles. The Bertz CT molecular complexity index is 2140. The minimum atomic E-state index is -0.205. The summed E-state index contributed by atoms with van der Waals surface area (Å²) in [6, 6.07) is 38.7. The maximum absolute atomic E-state index is 13.6. The van der Waals surface area contributed by atoms with Crippen LogP contribution in [0.1, 0.15) is 83.9 Å². The van der Waals surface area contributed by atoms with E-state index in [0.29, 0.717) is 0 Å². The van der Waals surface area contributed by atoms with Gasteiger partial charge in [0.25, 0.3) is 0 Å². The fourth-order valence-electron chi connectivity index (χ4n) is 7.72. The average Bonchev–Trinajstić information content (AvgIpc) is 3.12. The highest BCUT2D eigenvalue weighted by Gasteiger charge is 2.10. The molecule has 0 saturated heterocycles. The van der Waals surface area contributed by atoms with Crippen molar-refractivity contribution >= 4 is 0 Å². The van der Waals surface area contributed by atoms with Gasteiger partial charge in [-0.2, -0.15) is 0 Å². The van der Waals surface area contributed by atoms with Crippen molar-refractivity contribution < 1.29 is 8.78 Å². The molecule has 0 nitrogen and oxygen atoms in total. The Kier molecular flexibility index (Phi) is 12.2. The molecule has 0 spiro atoms. The minimum Gasteiger partial charge on any atom is -0.207 e. The van der Waals surface area contributed by atoms with E-state index < -0.39 is 0 Å². The van der Waals surface area contributed by atoms with Crippen molar-refractivity contribution in [3.63, 3.8) is 0 Å². The van der Waals surface area contributed by atoms with Crippen molar-refractivity contribution in [2.45, 2.75) is 92.4 Å². The lowest BCUT2D eigenvalue weighted by Gasteiger charge is -2.13. The topological polar surface area (TPSA) is 0 Å². The molecule has 266 valence electrons. The molecule has 6 aromatic rings. The molecule has 0 aliphatic carbocycles. The number of benzene rings is 6. The van der Waals surface area contributed by atoms with Gasteiger partial charge in [0.1, 0.15) is 11.6 Å². The van der Waals surface area contributed by atoms with Crippen molar-refractivity contribution in [1.29, 1.82) is 0 Å². The van der Waals surface area contributed by atoms with Crippen LogP contribution in [0.4, 0.5) is 8.78 Å². The van der Waals surface area contributed by atoms with E-state index in [0.717, 1.165) is 40.7 Å². The van der Waals surface area contributed by atoms with Crippen LogP contribution < -0.4 is 0 Å². The molecule has 2 heteroatoms. The zero-order valence-electron chi connectivity index (χ0n) is 31.6. The van der Waals surface area contributed by atoms with Gasteiger partial charge >= 0.3 is 0 Å². The Morgan fingerprint density at radius 2 is 0.654 bits per heavy atom. The van der Waals surface area contributed by atoms with E-state index in [1.54, 1.807) is 12.1 Å². The summed E-state index contributed by atoms with van der Waals surface area (Å²) in [4.78, 5) is 0. The number of aryl methyl sites for hydroxylation is 7. The first kappa shape index (κ1) is 37.0. The number of unbranched alkanes of at least 4 members (excludes halogenated alkanes) is 6. The summed E-state index contributed by atoms with van der Waals surface area (Å²) >= 11 is 0. The van der Waals surface area contributed by atoms with Gasteiger partial charge < -0.3 is 0 Å². The highest BCUT2D eigenvalue weighted by molar-refractivity contribution is 5.76. The fourth-order valence-corrected chi connectivity index (χ4v) is 7.72. The van der Waals surface area contributed by atoms with Crippen LogP contribution in [0.2, 0.25) is 0 Å². The molecule has 0 aliphatic rings. The molecule has 0 unspecified atom stereocenters. The first-order valence-corrected chi connectivity index (χ1v) is 19.1. The highest BCUT2D eigenvalue weighted by Crippen LogP contribution is 2.33. The van der Waals surface area contributed by atoms with Crippen molar-refractivity contribution in [1.82, 2.24) is 0 Å². The van der Waals surface area contributed by atoms with E-state index in [4.69, 9.17) is 0 Å². The standard InChI is InChI=1S/C50H52F2/c1-34-29-43(48-26-21-42(31-36(48)3)41-19-23-46(51)24-20-41)17-15-39(34)13-11-9-7-6-8-10-12-14-40-16-18-44(30-35(40)2)49-27-22-45(32-37(49)4)50-28-25-47(52)33-38(50)5/h15-33H,6-14H2,1-5H3. The van der Waals surface area contributed by atoms with E-state index in [9.17, 15) is 8.78 Å². The molecule has 0 heterocycles. The zero-order valence-corrected chi connectivity index (χ0v) is 31.6. The van der Waals surface area contributed by atoms with Gasteiger partial charge in [0.15, 0.2) is 0 Å². The molecule has 0 aliphatic heterocycles. The lowest BCUT2D eigenvalue weighted by atomic mass is 9.92. The normalized spacial score (nSPS) is 11.3. The van der Waals surface area contributed by atoms with Crippen LogP contribution in [0.15, 0.2) is 115 Å². The van der Waals surface area contributed by atoms with Gasteiger partial charge in [-0.3, -0.25) is 0 Å². The van der Waals surface area contributed by atoms with E-state index in [1.165, 1.54) is 113 Å². The van der Waals surface area contributed by atoms with E-state index in [1.807, 2.05) is 25.1 Å². The second-order valence-corrected chi connectivity index (χ2v) is 14.8. The van der Waals surface area contributed by atoms with Gasteiger partial charge in [-0.05, 0) is 168 Å². The van der Waals surface area contributed by atoms with Crippen LogP contribution in [0.25, 0.3) is 44.5 Å². The quantitative estimate of drug-likeness (QED) is 0.0998. The van der Waals surface area contributed by atoms with Gasteiger partial charge in [-0.1, -0.05) is 123 Å². The SMILES string of the molecule is Cc1cc(-c2ccc(-c3ccc(F)cc3)cc2C)ccc1CCCCCCCCCc1ccc(-c2ccc(-c3ccc(F)cc3C)cc2C)cc1C. The molecule has 0 bridgehead atoms. The van der Waals surface area contributed by atoms with Crippen LogP contribution in [-0.4, -0.2) is 0 Å². The Hall–Kier alpha value is -4.82. The molecule has 0 aromatic heterocycles. The molecule has 0 fully saturated rings. The second-order valence-electron chi connectivity index (χ2n) is 14.8. The Labute approximate surface area is 310 Å². The maximum atomic E-state index is 13.6. The van der Waals surface area contributed by atoms with Crippen LogP contribution in [0, 0.1) is 46.3 Å². The van der Waals surface area contributed by atoms with Crippen molar-refractivity contribution in [2.75, 3.05) is 0 Å². The summed E-state index contributed by atoms with van der Waals surface area (Å²) in [7, 11) is 0. The third-order valence-electron chi connectivity index (χ3n) is 10.8. The molecule has 0 amide bonds. The Balaban J connectivity index is 0.905. The molecule has 0 radical (unpaired) electrons. The largest absolute Gasteiger partial charge is 0.207 e. The van der Waals surface area contributed by atoms with Crippen LogP contribution >= 0.6 is 0 Å². The second kappa shape index (κ2) is 17.1. The Morgan fingerprint density at radius 3 is 1.12 bits per heavy atom. The summed E-state index contributed by atoms with van der Waals surface area (Å²) in [6.07, 6.45) is 11.3. The van der Waals surface area contributed by atoms with Crippen molar-refractivity contribution in [3.05, 3.63) is 166 Å². The highest BCUT2D eigenvalue weighted by atomic mass is 19.1. The minimum absolute atomic E-state index is 0.189.